The highest BCUT2D eigenvalue weighted by atomic mass is 16.5. The zero-order valence-corrected chi connectivity index (χ0v) is 23.3. The number of nitriles is 1. The van der Waals surface area contributed by atoms with Crippen molar-refractivity contribution < 1.29 is 29.0 Å². The third-order valence-electron chi connectivity index (χ3n) is 10.5. The van der Waals surface area contributed by atoms with E-state index in [-0.39, 0.29) is 64.1 Å². The van der Waals surface area contributed by atoms with Crippen molar-refractivity contribution in [1.82, 2.24) is 10.6 Å². The Morgan fingerprint density at radius 3 is 2.30 bits per heavy atom. The standard InChI is InChI=1S/C31H39N3O6/c1-30(29(37)38)9-7-21(8-10-30)40-23-15-22(24(39-2)14-19(23)16-32)27(35)33-26-18-4-3-17(13-18)25(26)28(36)34-31(11-12-31)20-5-6-20/h14-15,17-18,20-21,25-26H,3-13H2,1-2H3,(H,33,35)(H,34,36)(H,37,38). The Bertz CT molecular complexity index is 1250. The molecule has 0 aliphatic heterocycles. The smallest absolute Gasteiger partial charge is 0.309 e. The number of fused-ring (bicyclic) bond motifs is 2. The monoisotopic (exact) mass is 549 g/mol. The predicted molar refractivity (Wildman–Crippen MR) is 145 cm³/mol. The Kier molecular flexibility index (Phi) is 6.71. The van der Waals surface area contributed by atoms with Crippen LogP contribution in [0.3, 0.4) is 0 Å². The van der Waals surface area contributed by atoms with Crippen molar-refractivity contribution >= 4 is 17.8 Å². The van der Waals surface area contributed by atoms with E-state index in [1.54, 1.807) is 13.0 Å². The minimum Gasteiger partial charge on any atom is -0.496 e. The van der Waals surface area contributed by atoms with E-state index in [0.717, 1.165) is 32.1 Å². The van der Waals surface area contributed by atoms with Gasteiger partial charge in [0.25, 0.3) is 5.91 Å². The van der Waals surface area contributed by atoms with Crippen LogP contribution in [0.15, 0.2) is 12.1 Å². The number of amides is 2. The van der Waals surface area contributed by atoms with Crippen LogP contribution in [0.25, 0.3) is 0 Å². The number of carboxylic acids is 1. The number of methoxy groups -OCH3 is 1. The van der Waals surface area contributed by atoms with Crippen molar-refractivity contribution in [1.29, 1.82) is 5.26 Å². The molecule has 4 unspecified atom stereocenters. The second-order valence-electron chi connectivity index (χ2n) is 13.1. The van der Waals surface area contributed by atoms with E-state index in [1.165, 1.54) is 26.0 Å². The van der Waals surface area contributed by atoms with Crippen molar-refractivity contribution in [2.45, 2.75) is 95.2 Å². The van der Waals surface area contributed by atoms with E-state index in [0.29, 0.717) is 37.4 Å². The van der Waals surface area contributed by atoms with E-state index >= 15 is 0 Å². The van der Waals surface area contributed by atoms with Gasteiger partial charge in [-0.25, -0.2) is 0 Å². The van der Waals surface area contributed by atoms with Crippen LogP contribution in [0, 0.1) is 40.4 Å². The fraction of sp³-hybridized carbons (Fsp3) is 0.677. The van der Waals surface area contributed by atoms with Gasteiger partial charge in [-0.1, -0.05) is 0 Å². The molecule has 0 heterocycles. The minimum absolute atomic E-state index is 0.00289. The number of carboxylic acid groups (broad SMARTS) is 1. The summed E-state index contributed by atoms with van der Waals surface area (Å²) in [5, 5.41) is 25.9. The first-order valence-corrected chi connectivity index (χ1v) is 14.8. The van der Waals surface area contributed by atoms with Gasteiger partial charge in [0.15, 0.2) is 0 Å². The highest BCUT2D eigenvalue weighted by molar-refractivity contribution is 5.98. The van der Waals surface area contributed by atoms with E-state index in [2.05, 4.69) is 16.7 Å². The summed E-state index contributed by atoms with van der Waals surface area (Å²) in [5.74, 6) is 0.450. The molecule has 2 amide bonds. The summed E-state index contributed by atoms with van der Waals surface area (Å²) in [5.41, 5.74) is -0.255. The van der Waals surface area contributed by atoms with Crippen molar-refractivity contribution in [2.24, 2.45) is 29.1 Å². The number of hydrogen-bond acceptors (Lipinski definition) is 6. The van der Waals surface area contributed by atoms with Crippen molar-refractivity contribution in [3.8, 4) is 17.6 Å². The van der Waals surface area contributed by atoms with Crippen LogP contribution in [0.2, 0.25) is 0 Å². The van der Waals surface area contributed by atoms with Gasteiger partial charge in [-0.3, -0.25) is 14.4 Å². The molecule has 2 bridgehead atoms. The van der Waals surface area contributed by atoms with Gasteiger partial charge in [0.05, 0.1) is 35.7 Å². The van der Waals surface area contributed by atoms with Crippen LogP contribution in [0.5, 0.6) is 11.5 Å². The Morgan fingerprint density at radius 2 is 1.70 bits per heavy atom. The molecule has 3 N–H and O–H groups in total. The Balaban J connectivity index is 1.19. The highest BCUT2D eigenvalue weighted by Gasteiger charge is 2.58. The molecule has 5 saturated carbocycles. The molecule has 0 aromatic heterocycles. The Labute approximate surface area is 235 Å². The molecule has 6 rings (SSSR count). The first kappa shape index (κ1) is 26.9. The highest BCUT2D eigenvalue weighted by Crippen LogP contribution is 2.55. The van der Waals surface area contributed by atoms with Gasteiger partial charge in [0.2, 0.25) is 5.91 Å². The summed E-state index contributed by atoms with van der Waals surface area (Å²) >= 11 is 0. The molecule has 1 aromatic carbocycles. The Morgan fingerprint density at radius 1 is 1.00 bits per heavy atom. The minimum atomic E-state index is -0.806. The van der Waals surface area contributed by atoms with Gasteiger partial charge < -0.3 is 25.2 Å². The van der Waals surface area contributed by atoms with Crippen LogP contribution in [-0.4, -0.2) is 47.7 Å². The predicted octanol–water partition coefficient (Wildman–Crippen LogP) is 4.18. The molecule has 1 aromatic rings. The topological polar surface area (TPSA) is 138 Å². The van der Waals surface area contributed by atoms with E-state index in [9.17, 15) is 24.8 Å². The normalized spacial score (nSPS) is 33.5. The molecule has 9 heteroatoms. The molecule has 0 saturated heterocycles. The molecule has 5 fully saturated rings. The van der Waals surface area contributed by atoms with Crippen LogP contribution >= 0.6 is 0 Å². The summed E-state index contributed by atoms with van der Waals surface area (Å²) in [6.07, 6.45) is 9.29. The van der Waals surface area contributed by atoms with Gasteiger partial charge in [0.1, 0.15) is 17.6 Å². The number of carbonyl (C=O) groups excluding carboxylic acids is 2. The lowest BCUT2D eigenvalue weighted by Crippen LogP contribution is -2.52. The molecule has 0 radical (unpaired) electrons. The second kappa shape index (κ2) is 9.97. The number of nitrogens with one attached hydrogen (secondary N) is 2. The molecular formula is C31H39N3O6. The van der Waals surface area contributed by atoms with E-state index < -0.39 is 11.4 Å². The number of benzene rings is 1. The maximum absolute atomic E-state index is 13.7. The average molecular weight is 550 g/mol. The molecule has 4 atom stereocenters. The molecule has 5 aliphatic rings. The van der Waals surface area contributed by atoms with Gasteiger partial charge in [-0.05, 0) is 101 Å². The number of ether oxygens (including phenoxy) is 2. The van der Waals surface area contributed by atoms with Gasteiger partial charge in [-0.15, -0.1) is 0 Å². The quantitative estimate of drug-likeness (QED) is 0.420. The first-order valence-electron chi connectivity index (χ1n) is 14.8. The summed E-state index contributed by atoms with van der Waals surface area (Å²) in [4.78, 5) is 38.9. The van der Waals surface area contributed by atoms with E-state index in [4.69, 9.17) is 9.47 Å². The zero-order valence-electron chi connectivity index (χ0n) is 23.3. The Hall–Kier alpha value is -3.28. The molecule has 214 valence electrons. The third-order valence-corrected chi connectivity index (χ3v) is 10.5. The van der Waals surface area contributed by atoms with Crippen LogP contribution < -0.4 is 20.1 Å². The third kappa shape index (κ3) is 4.80. The largest absolute Gasteiger partial charge is 0.496 e. The number of rotatable bonds is 9. The molecule has 9 nitrogen and oxygen atoms in total. The summed E-state index contributed by atoms with van der Waals surface area (Å²) in [7, 11) is 1.46. The van der Waals surface area contributed by atoms with Crippen molar-refractivity contribution in [3.63, 3.8) is 0 Å². The first-order chi connectivity index (χ1) is 19.2. The summed E-state index contributed by atoms with van der Waals surface area (Å²) in [6.45, 7) is 1.75. The van der Waals surface area contributed by atoms with Crippen LogP contribution in [-0.2, 0) is 9.59 Å². The van der Waals surface area contributed by atoms with Crippen LogP contribution in [0.1, 0.15) is 93.5 Å². The summed E-state index contributed by atoms with van der Waals surface area (Å²) < 4.78 is 11.7. The second-order valence-corrected chi connectivity index (χ2v) is 13.1. The molecule has 0 spiro atoms. The average Bonchev–Trinajstić information content (AvgIpc) is 3.86. The number of aliphatic carboxylic acids is 1. The number of hydrogen-bond donors (Lipinski definition) is 3. The summed E-state index contributed by atoms with van der Waals surface area (Å²) in [6, 6.07) is 4.98. The van der Waals surface area contributed by atoms with Crippen molar-refractivity contribution in [3.05, 3.63) is 23.3 Å². The number of carbonyl (C=O) groups is 3. The fourth-order valence-corrected chi connectivity index (χ4v) is 7.67. The molecule has 40 heavy (non-hydrogen) atoms. The van der Waals surface area contributed by atoms with Gasteiger partial charge in [-0.2, -0.15) is 5.26 Å². The maximum atomic E-state index is 13.7. The molecule has 5 aliphatic carbocycles. The van der Waals surface area contributed by atoms with Gasteiger partial charge in [0, 0.05) is 17.6 Å². The zero-order chi connectivity index (χ0) is 28.2. The SMILES string of the molecule is COc1cc(C#N)c(OC2CCC(C)(C(=O)O)CC2)cc1C(=O)NC1C2CCC(C2)C1C(=O)NC1(C2CC2)CC1. The van der Waals surface area contributed by atoms with Gasteiger partial charge >= 0.3 is 5.97 Å². The lowest BCUT2D eigenvalue weighted by Gasteiger charge is -2.34. The fourth-order valence-electron chi connectivity index (χ4n) is 7.67. The lowest BCUT2D eigenvalue weighted by atomic mass is 9.75. The van der Waals surface area contributed by atoms with Crippen molar-refractivity contribution in [2.75, 3.05) is 7.11 Å². The lowest BCUT2D eigenvalue weighted by molar-refractivity contribution is -0.150. The number of nitrogens with zero attached hydrogens (tertiary/aromatic N) is 1. The molecular weight excluding hydrogens is 510 g/mol. The van der Waals surface area contributed by atoms with E-state index in [1.807, 2.05) is 0 Å². The van der Waals surface area contributed by atoms with Crippen LogP contribution in [0.4, 0.5) is 0 Å². The maximum Gasteiger partial charge on any atom is 0.309 e.